The summed E-state index contributed by atoms with van der Waals surface area (Å²) in [6.45, 7) is 0.909. The molecule has 0 radical (unpaired) electrons. The van der Waals surface area contributed by atoms with E-state index < -0.39 is 10.0 Å². The van der Waals surface area contributed by atoms with Crippen LogP contribution in [-0.4, -0.2) is 31.8 Å². The summed E-state index contributed by atoms with van der Waals surface area (Å²) in [4.78, 5) is 1.18. The Morgan fingerprint density at radius 2 is 2.20 bits per heavy atom. The lowest BCUT2D eigenvalue weighted by Crippen LogP contribution is -2.27. The number of thiophene rings is 1. The van der Waals surface area contributed by atoms with E-state index in [2.05, 4.69) is 15.1 Å². The maximum absolute atomic E-state index is 12.2. The van der Waals surface area contributed by atoms with Gasteiger partial charge in [-0.15, -0.1) is 11.3 Å². The smallest absolute Gasteiger partial charge is 0.241 e. The van der Waals surface area contributed by atoms with Crippen LogP contribution in [0.15, 0.2) is 28.6 Å². The summed E-state index contributed by atoms with van der Waals surface area (Å²) in [7, 11) is 0.193. The lowest BCUT2D eigenvalue weighted by Gasteiger charge is -2.08. The first-order valence-corrected chi connectivity index (χ1v) is 8.58. The van der Waals surface area contributed by atoms with Gasteiger partial charge in [-0.05, 0) is 24.6 Å². The molecule has 0 bridgehead atoms. The van der Waals surface area contributed by atoms with E-state index in [4.69, 9.17) is 0 Å². The van der Waals surface area contributed by atoms with Crippen LogP contribution in [0.1, 0.15) is 10.6 Å². The summed E-state index contributed by atoms with van der Waals surface area (Å²) in [6.07, 6.45) is 2.31. The van der Waals surface area contributed by atoms with Gasteiger partial charge in [0.15, 0.2) is 0 Å². The number of hydrogen-bond donors (Lipinski definition) is 2. The molecule has 8 heteroatoms. The maximum atomic E-state index is 12.2. The van der Waals surface area contributed by atoms with E-state index in [-0.39, 0.29) is 0 Å². The lowest BCUT2D eigenvalue weighted by atomic mass is 10.3. The van der Waals surface area contributed by atoms with Gasteiger partial charge in [0.25, 0.3) is 0 Å². The monoisotopic (exact) mass is 314 g/mol. The Labute approximate surface area is 122 Å². The van der Waals surface area contributed by atoms with Crippen molar-refractivity contribution < 1.29 is 8.42 Å². The molecule has 0 spiro atoms. The molecule has 0 aliphatic rings. The molecule has 2 aromatic heterocycles. The molecule has 2 aromatic rings. The summed E-state index contributed by atoms with van der Waals surface area (Å²) >= 11 is 1.44. The van der Waals surface area contributed by atoms with Crippen LogP contribution in [0.5, 0.6) is 0 Å². The van der Waals surface area contributed by atoms with Gasteiger partial charge >= 0.3 is 0 Å². The van der Waals surface area contributed by atoms with Crippen LogP contribution in [0, 0.1) is 0 Å². The van der Waals surface area contributed by atoms with Crippen molar-refractivity contribution in [1.29, 1.82) is 0 Å². The largest absolute Gasteiger partial charge is 0.315 e. The first kappa shape index (κ1) is 15.2. The topological polar surface area (TPSA) is 76.0 Å². The van der Waals surface area contributed by atoms with Crippen molar-refractivity contribution in [2.45, 2.75) is 17.9 Å². The third-order valence-corrected chi connectivity index (χ3v) is 5.52. The standard InChI is InChI=1S/C12H18N4O2S2/c1-13-9-11-12(5-8-19-11)20(17,18)15-7-4-10-3-6-14-16(10)2/h3,5-6,8,13,15H,4,7,9H2,1-2H3. The molecule has 0 atom stereocenters. The number of aromatic nitrogens is 2. The molecule has 0 saturated carbocycles. The molecule has 0 aliphatic carbocycles. The first-order chi connectivity index (χ1) is 9.54. The molecule has 2 rings (SSSR count). The Morgan fingerprint density at radius 3 is 2.85 bits per heavy atom. The van der Waals surface area contributed by atoms with Crippen LogP contribution in [0.3, 0.4) is 0 Å². The van der Waals surface area contributed by atoms with Gasteiger partial charge in [-0.3, -0.25) is 4.68 Å². The van der Waals surface area contributed by atoms with Crippen molar-refractivity contribution in [2.24, 2.45) is 7.05 Å². The Morgan fingerprint density at radius 1 is 1.40 bits per heavy atom. The minimum atomic E-state index is -3.45. The van der Waals surface area contributed by atoms with Crippen molar-refractivity contribution in [3.8, 4) is 0 Å². The summed E-state index contributed by atoms with van der Waals surface area (Å²) in [5.74, 6) is 0. The molecule has 2 heterocycles. The molecular weight excluding hydrogens is 296 g/mol. The van der Waals surface area contributed by atoms with Crippen molar-refractivity contribution in [1.82, 2.24) is 19.8 Å². The van der Waals surface area contributed by atoms with Crippen molar-refractivity contribution in [3.05, 3.63) is 34.3 Å². The Hall–Kier alpha value is -1.22. The minimum absolute atomic E-state index is 0.358. The molecule has 0 fully saturated rings. The van der Waals surface area contributed by atoms with E-state index in [1.807, 2.05) is 13.1 Å². The van der Waals surface area contributed by atoms with Crippen LogP contribution < -0.4 is 10.0 Å². The van der Waals surface area contributed by atoms with Crippen LogP contribution >= 0.6 is 11.3 Å². The normalized spacial score (nSPS) is 11.9. The van der Waals surface area contributed by atoms with E-state index in [9.17, 15) is 8.42 Å². The number of aryl methyl sites for hydroxylation is 1. The van der Waals surface area contributed by atoms with Crippen molar-refractivity contribution >= 4 is 21.4 Å². The third-order valence-electron chi connectivity index (χ3n) is 2.93. The molecule has 6 nitrogen and oxygen atoms in total. The Bertz CT molecular complexity index is 661. The zero-order valence-electron chi connectivity index (χ0n) is 11.5. The second-order valence-electron chi connectivity index (χ2n) is 4.33. The molecule has 0 saturated heterocycles. The first-order valence-electron chi connectivity index (χ1n) is 6.22. The molecule has 0 amide bonds. The van der Waals surface area contributed by atoms with Gasteiger partial charge in [0, 0.05) is 43.3 Å². The average molecular weight is 314 g/mol. The summed E-state index contributed by atoms with van der Waals surface area (Å²) in [5.41, 5.74) is 0.994. The fraction of sp³-hybridized carbons (Fsp3) is 0.417. The molecule has 0 aromatic carbocycles. The minimum Gasteiger partial charge on any atom is -0.315 e. The fourth-order valence-electron chi connectivity index (χ4n) is 1.90. The summed E-state index contributed by atoms with van der Waals surface area (Å²) in [6, 6.07) is 3.52. The maximum Gasteiger partial charge on any atom is 0.241 e. The fourth-order valence-corrected chi connectivity index (χ4v) is 4.38. The summed E-state index contributed by atoms with van der Waals surface area (Å²) < 4.78 is 28.9. The lowest BCUT2D eigenvalue weighted by molar-refractivity contribution is 0.578. The molecule has 0 aliphatic heterocycles. The Kier molecular flexibility index (Phi) is 4.92. The Balaban J connectivity index is 2.00. The van der Waals surface area contributed by atoms with Gasteiger partial charge < -0.3 is 5.32 Å². The number of nitrogens with one attached hydrogen (secondary N) is 2. The van der Waals surface area contributed by atoms with Crippen molar-refractivity contribution in [2.75, 3.05) is 13.6 Å². The zero-order chi connectivity index (χ0) is 14.6. The number of hydrogen-bond acceptors (Lipinski definition) is 5. The van der Waals surface area contributed by atoms with Gasteiger partial charge in [0.05, 0.1) is 4.90 Å². The van der Waals surface area contributed by atoms with Gasteiger partial charge in [-0.25, -0.2) is 13.1 Å². The van der Waals surface area contributed by atoms with Crippen LogP contribution in [0.25, 0.3) is 0 Å². The molecule has 20 heavy (non-hydrogen) atoms. The zero-order valence-corrected chi connectivity index (χ0v) is 13.1. The van der Waals surface area contributed by atoms with Gasteiger partial charge in [0.1, 0.15) is 0 Å². The number of sulfonamides is 1. The van der Waals surface area contributed by atoms with Gasteiger partial charge in [-0.2, -0.15) is 5.10 Å². The number of nitrogens with zero attached hydrogens (tertiary/aromatic N) is 2. The second-order valence-corrected chi connectivity index (χ2v) is 7.07. The molecular formula is C12H18N4O2S2. The van der Waals surface area contributed by atoms with E-state index in [1.54, 1.807) is 29.4 Å². The predicted octanol–water partition coefficient (Wildman–Crippen LogP) is 0.722. The molecule has 2 N–H and O–H groups in total. The quantitative estimate of drug-likeness (QED) is 0.790. The van der Waals surface area contributed by atoms with E-state index in [0.717, 1.165) is 10.6 Å². The van der Waals surface area contributed by atoms with Crippen LogP contribution in [0.2, 0.25) is 0 Å². The molecule has 0 unspecified atom stereocenters. The van der Waals surface area contributed by atoms with Crippen LogP contribution in [-0.2, 0) is 30.0 Å². The van der Waals surface area contributed by atoms with E-state index in [1.165, 1.54) is 11.3 Å². The highest BCUT2D eigenvalue weighted by Gasteiger charge is 2.18. The predicted molar refractivity (Wildman–Crippen MR) is 79.2 cm³/mol. The highest BCUT2D eigenvalue weighted by Crippen LogP contribution is 2.21. The van der Waals surface area contributed by atoms with Gasteiger partial charge in [0.2, 0.25) is 10.0 Å². The SMILES string of the molecule is CNCc1sccc1S(=O)(=O)NCCc1ccnn1C. The third kappa shape index (κ3) is 3.45. The van der Waals surface area contributed by atoms with E-state index >= 15 is 0 Å². The van der Waals surface area contributed by atoms with Gasteiger partial charge in [-0.1, -0.05) is 0 Å². The summed E-state index contributed by atoms with van der Waals surface area (Å²) in [5, 5.41) is 8.82. The second kappa shape index (κ2) is 6.49. The van der Waals surface area contributed by atoms with E-state index in [0.29, 0.717) is 24.4 Å². The van der Waals surface area contributed by atoms with Crippen LogP contribution in [0.4, 0.5) is 0 Å². The number of rotatable bonds is 7. The van der Waals surface area contributed by atoms with Crippen molar-refractivity contribution in [3.63, 3.8) is 0 Å². The highest BCUT2D eigenvalue weighted by molar-refractivity contribution is 7.89. The molecule has 110 valence electrons. The average Bonchev–Trinajstić information content (AvgIpc) is 3.00. The highest BCUT2D eigenvalue weighted by atomic mass is 32.2.